The molecule has 2 aromatic carbocycles. The Morgan fingerprint density at radius 3 is 2.48 bits per heavy atom. The third-order valence-corrected chi connectivity index (χ3v) is 7.16. The molecule has 0 saturated heterocycles. The van der Waals surface area contributed by atoms with Gasteiger partial charge in [0.2, 0.25) is 15.7 Å². The standard InChI is InChI=1S/C21H22N4O4S2/c1-13-4-5-14(2)17(10-13)31(27,28)18-11-23-21(25-20(18)22)30-12-19(26)24-15-6-8-16(29-3)9-7-15/h4-11H,12H2,1-3H3,(H,24,26)(H2,22,23,25). The van der Waals surface area contributed by atoms with Crippen molar-refractivity contribution in [2.24, 2.45) is 0 Å². The summed E-state index contributed by atoms with van der Waals surface area (Å²) in [5.41, 5.74) is 7.99. The molecule has 0 fully saturated rings. The van der Waals surface area contributed by atoms with Crippen LogP contribution in [0.4, 0.5) is 11.5 Å². The molecule has 3 rings (SSSR count). The van der Waals surface area contributed by atoms with Gasteiger partial charge in [0.05, 0.1) is 24.0 Å². The number of nitrogen functional groups attached to an aromatic ring is 1. The van der Waals surface area contributed by atoms with E-state index in [-0.39, 0.29) is 32.4 Å². The van der Waals surface area contributed by atoms with Crippen LogP contribution in [0.15, 0.2) is 63.6 Å². The lowest BCUT2D eigenvalue weighted by Gasteiger charge is -2.11. The van der Waals surface area contributed by atoms with E-state index >= 15 is 0 Å². The Hall–Kier alpha value is -3.11. The molecule has 1 aromatic heterocycles. The number of nitrogens with two attached hydrogens (primary N) is 1. The number of amides is 1. The number of aryl methyl sites for hydroxylation is 2. The molecule has 10 heteroatoms. The number of rotatable bonds is 7. The van der Waals surface area contributed by atoms with Gasteiger partial charge < -0.3 is 15.8 Å². The van der Waals surface area contributed by atoms with E-state index in [1.165, 1.54) is 6.20 Å². The number of anilines is 2. The van der Waals surface area contributed by atoms with Crippen molar-refractivity contribution < 1.29 is 17.9 Å². The smallest absolute Gasteiger partial charge is 0.234 e. The first-order chi connectivity index (χ1) is 14.7. The number of carbonyl (C=O) groups is 1. The van der Waals surface area contributed by atoms with Crippen molar-refractivity contribution in [3.63, 3.8) is 0 Å². The Balaban J connectivity index is 1.70. The Labute approximate surface area is 185 Å². The van der Waals surface area contributed by atoms with Crippen molar-refractivity contribution in [2.75, 3.05) is 23.9 Å². The zero-order valence-corrected chi connectivity index (χ0v) is 18.9. The lowest BCUT2D eigenvalue weighted by molar-refractivity contribution is -0.113. The Morgan fingerprint density at radius 2 is 1.84 bits per heavy atom. The van der Waals surface area contributed by atoms with Crippen LogP contribution in [0.25, 0.3) is 0 Å². The summed E-state index contributed by atoms with van der Waals surface area (Å²) in [7, 11) is -2.30. The highest BCUT2D eigenvalue weighted by atomic mass is 32.2. The molecular weight excluding hydrogens is 436 g/mol. The van der Waals surface area contributed by atoms with Gasteiger partial charge in [0.25, 0.3) is 0 Å². The molecule has 0 aliphatic rings. The van der Waals surface area contributed by atoms with E-state index in [1.807, 2.05) is 13.0 Å². The third kappa shape index (κ3) is 5.33. The van der Waals surface area contributed by atoms with Crippen molar-refractivity contribution in [3.05, 3.63) is 59.8 Å². The van der Waals surface area contributed by atoms with Gasteiger partial charge in [-0.25, -0.2) is 18.4 Å². The average Bonchev–Trinajstić information content (AvgIpc) is 2.74. The number of ether oxygens (including phenoxy) is 1. The summed E-state index contributed by atoms with van der Waals surface area (Å²) < 4.78 is 31.1. The van der Waals surface area contributed by atoms with E-state index in [2.05, 4.69) is 15.3 Å². The van der Waals surface area contributed by atoms with Gasteiger partial charge >= 0.3 is 0 Å². The minimum atomic E-state index is -3.87. The van der Waals surface area contributed by atoms with E-state index in [9.17, 15) is 13.2 Å². The molecule has 0 radical (unpaired) electrons. The molecule has 162 valence electrons. The van der Waals surface area contributed by atoms with Crippen LogP contribution in [0, 0.1) is 13.8 Å². The number of benzene rings is 2. The minimum Gasteiger partial charge on any atom is -0.497 e. The number of nitrogens with zero attached hydrogens (tertiary/aromatic N) is 2. The molecule has 31 heavy (non-hydrogen) atoms. The van der Waals surface area contributed by atoms with Gasteiger partial charge in [0.15, 0.2) is 5.16 Å². The zero-order chi connectivity index (χ0) is 22.6. The monoisotopic (exact) mass is 458 g/mol. The average molecular weight is 459 g/mol. The van der Waals surface area contributed by atoms with Gasteiger partial charge in [-0.15, -0.1) is 0 Å². The normalized spacial score (nSPS) is 11.2. The van der Waals surface area contributed by atoms with Gasteiger partial charge in [-0.2, -0.15) is 0 Å². The number of carbonyl (C=O) groups excluding carboxylic acids is 1. The maximum absolute atomic E-state index is 13.0. The molecule has 0 aliphatic carbocycles. The van der Waals surface area contributed by atoms with Crippen LogP contribution in [0.3, 0.4) is 0 Å². The summed E-state index contributed by atoms with van der Waals surface area (Å²) in [4.78, 5) is 20.3. The fraction of sp³-hybridized carbons (Fsp3) is 0.190. The molecule has 3 N–H and O–H groups in total. The molecule has 0 spiro atoms. The number of hydrogen-bond acceptors (Lipinski definition) is 8. The molecule has 0 aliphatic heterocycles. The van der Waals surface area contributed by atoms with E-state index in [4.69, 9.17) is 10.5 Å². The zero-order valence-electron chi connectivity index (χ0n) is 17.2. The summed E-state index contributed by atoms with van der Waals surface area (Å²) in [6, 6.07) is 12.1. The van der Waals surface area contributed by atoms with Gasteiger partial charge in [0.1, 0.15) is 16.5 Å². The predicted octanol–water partition coefficient (Wildman–Crippen LogP) is 3.25. The second kappa shape index (κ2) is 9.36. The fourth-order valence-electron chi connectivity index (χ4n) is 2.76. The second-order valence-electron chi connectivity index (χ2n) is 6.74. The molecule has 8 nitrogen and oxygen atoms in total. The van der Waals surface area contributed by atoms with Crippen molar-refractivity contribution in [1.82, 2.24) is 9.97 Å². The summed E-state index contributed by atoms with van der Waals surface area (Å²) >= 11 is 1.06. The largest absolute Gasteiger partial charge is 0.497 e. The summed E-state index contributed by atoms with van der Waals surface area (Å²) in [5, 5.41) is 2.96. The van der Waals surface area contributed by atoms with Crippen LogP contribution in [0.5, 0.6) is 5.75 Å². The molecule has 1 amide bonds. The van der Waals surface area contributed by atoms with Crippen molar-refractivity contribution in [2.45, 2.75) is 28.8 Å². The highest BCUT2D eigenvalue weighted by Crippen LogP contribution is 2.28. The molecule has 0 saturated carbocycles. The van der Waals surface area contributed by atoms with E-state index in [0.717, 1.165) is 17.3 Å². The topological polar surface area (TPSA) is 124 Å². The number of sulfone groups is 1. The molecular formula is C21H22N4O4S2. The second-order valence-corrected chi connectivity index (χ2v) is 9.57. The van der Waals surface area contributed by atoms with Crippen LogP contribution in [0.1, 0.15) is 11.1 Å². The van der Waals surface area contributed by atoms with E-state index < -0.39 is 9.84 Å². The van der Waals surface area contributed by atoms with Crippen LogP contribution < -0.4 is 15.8 Å². The predicted molar refractivity (Wildman–Crippen MR) is 120 cm³/mol. The summed E-state index contributed by atoms with van der Waals surface area (Å²) in [5.74, 6) is 0.305. The number of methoxy groups -OCH3 is 1. The highest BCUT2D eigenvalue weighted by Gasteiger charge is 2.24. The SMILES string of the molecule is COc1ccc(NC(=O)CSc2ncc(S(=O)(=O)c3cc(C)ccc3C)c(N)n2)cc1. The molecule has 0 atom stereocenters. The van der Waals surface area contributed by atoms with Crippen molar-refractivity contribution in [1.29, 1.82) is 0 Å². The Kier molecular flexibility index (Phi) is 6.81. The molecule has 0 unspecified atom stereocenters. The Bertz CT molecular complexity index is 1210. The van der Waals surface area contributed by atoms with Crippen LogP contribution in [0.2, 0.25) is 0 Å². The quantitative estimate of drug-likeness (QED) is 0.408. The summed E-state index contributed by atoms with van der Waals surface area (Å²) in [6.45, 7) is 3.53. The first-order valence-corrected chi connectivity index (χ1v) is 11.7. The highest BCUT2D eigenvalue weighted by molar-refractivity contribution is 7.99. The first-order valence-electron chi connectivity index (χ1n) is 9.22. The maximum atomic E-state index is 13.0. The van der Waals surface area contributed by atoms with Crippen molar-refractivity contribution >= 4 is 39.0 Å². The summed E-state index contributed by atoms with van der Waals surface area (Å²) in [6.07, 6.45) is 1.18. The van der Waals surface area contributed by atoms with Gasteiger partial charge in [-0.3, -0.25) is 4.79 Å². The van der Waals surface area contributed by atoms with Crippen molar-refractivity contribution in [3.8, 4) is 5.75 Å². The van der Waals surface area contributed by atoms with Crippen LogP contribution in [-0.2, 0) is 14.6 Å². The van der Waals surface area contributed by atoms with Crippen LogP contribution in [-0.4, -0.2) is 37.2 Å². The fourth-order valence-corrected chi connectivity index (χ4v) is 4.97. The molecule has 3 aromatic rings. The lowest BCUT2D eigenvalue weighted by Crippen LogP contribution is -2.14. The molecule has 0 bridgehead atoms. The minimum absolute atomic E-state index is 0.0363. The van der Waals surface area contributed by atoms with Gasteiger partial charge in [-0.05, 0) is 55.3 Å². The Morgan fingerprint density at radius 1 is 1.13 bits per heavy atom. The van der Waals surface area contributed by atoms with Crippen LogP contribution >= 0.6 is 11.8 Å². The number of hydrogen-bond donors (Lipinski definition) is 2. The number of thioether (sulfide) groups is 1. The van der Waals surface area contributed by atoms with E-state index in [1.54, 1.807) is 50.4 Å². The van der Waals surface area contributed by atoms with Gasteiger partial charge in [-0.1, -0.05) is 23.9 Å². The van der Waals surface area contributed by atoms with E-state index in [0.29, 0.717) is 17.0 Å². The first kappa shape index (κ1) is 22.6. The lowest BCUT2D eigenvalue weighted by atomic mass is 10.2. The van der Waals surface area contributed by atoms with Gasteiger partial charge in [0, 0.05) is 5.69 Å². The molecule has 1 heterocycles. The number of nitrogens with one attached hydrogen (secondary N) is 1. The number of aromatic nitrogens is 2. The third-order valence-electron chi connectivity index (χ3n) is 4.39. The maximum Gasteiger partial charge on any atom is 0.234 e.